The van der Waals surface area contributed by atoms with Crippen LogP contribution in [0.5, 0.6) is 0 Å². The van der Waals surface area contributed by atoms with Gasteiger partial charge in [-0.25, -0.2) is 14.3 Å². The van der Waals surface area contributed by atoms with Crippen molar-refractivity contribution in [3.8, 4) is 11.3 Å². The maximum absolute atomic E-state index is 11.1. The highest BCUT2D eigenvalue weighted by atomic mass is 19.4. The largest absolute Gasteiger partial charge is 0.490 e. The third kappa shape index (κ3) is 5.01. The van der Waals surface area contributed by atoms with Gasteiger partial charge >= 0.3 is 12.1 Å². The van der Waals surface area contributed by atoms with Gasteiger partial charge in [0, 0.05) is 18.8 Å². The fourth-order valence-corrected chi connectivity index (χ4v) is 2.39. The quantitative estimate of drug-likeness (QED) is 0.469. The summed E-state index contributed by atoms with van der Waals surface area (Å²) in [5.74, 6) is -3.40. The first kappa shape index (κ1) is 21.4. The number of carboxylic acid groups (broad SMARTS) is 1. The number of nitrogens with zero attached hydrogens (tertiary/aromatic N) is 7. The summed E-state index contributed by atoms with van der Waals surface area (Å²) in [5.41, 5.74) is 8.20. The van der Waals surface area contributed by atoms with Gasteiger partial charge in [-0.1, -0.05) is 5.16 Å². The van der Waals surface area contributed by atoms with Gasteiger partial charge in [0.05, 0.1) is 41.9 Å². The summed E-state index contributed by atoms with van der Waals surface area (Å²) in [6, 6.07) is 1.83. The SMILES string of the molecule is Cn1cc(-c2cn3nccc3c(Cc3nc(C(N)=O)no3)n2)cn1.O=C(O)C(F)(F)F. The highest BCUT2D eigenvalue weighted by molar-refractivity contribution is 5.88. The van der Waals surface area contributed by atoms with Crippen LogP contribution in [0.25, 0.3) is 16.8 Å². The maximum atomic E-state index is 11.1. The highest BCUT2D eigenvalue weighted by Crippen LogP contribution is 2.20. The molecule has 0 bridgehead atoms. The van der Waals surface area contributed by atoms with E-state index in [0.29, 0.717) is 11.4 Å². The molecule has 4 aromatic rings. The van der Waals surface area contributed by atoms with Crippen molar-refractivity contribution in [3.63, 3.8) is 0 Å². The number of alkyl halides is 3. The van der Waals surface area contributed by atoms with Crippen LogP contribution in [-0.2, 0) is 18.3 Å². The van der Waals surface area contributed by atoms with E-state index < -0.39 is 18.1 Å². The fraction of sp³-hybridized carbons (Fsp3) is 0.188. The number of aromatic nitrogens is 7. The number of aliphatic carboxylic acids is 1. The first-order chi connectivity index (χ1) is 14.5. The van der Waals surface area contributed by atoms with Gasteiger partial charge in [-0.3, -0.25) is 9.48 Å². The van der Waals surface area contributed by atoms with E-state index in [0.717, 1.165) is 11.1 Å². The van der Waals surface area contributed by atoms with Crippen LogP contribution < -0.4 is 5.73 Å². The molecular weight excluding hydrogens is 425 g/mol. The average molecular weight is 438 g/mol. The number of halogens is 3. The molecule has 0 radical (unpaired) electrons. The monoisotopic (exact) mass is 438 g/mol. The first-order valence-electron chi connectivity index (χ1n) is 8.29. The lowest BCUT2D eigenvalue weighted by atomic mass is 10.2. The molecule has 0 unspecified atom stereocenters. The fourth-order valence-electron chi connectivity index (χ4n) is 2.39. The van der Waals surface area contributed by atoms with E-state index in [-0.39, 0.29) is 18.1 Å². The summed E-state index contributed by atoms with van der Waals surface area (Å²) in [5, 5.41) is 19.1. The second-order valence-corrected chi connectivity index (χ2v) is 5.99. The summed E-state index contributed by atoms with van der Waals surface area (Å²) >= 11 is 0. The summed E-state index contributed by atoms with van der Waals surface area (Å²) in [7, 11) is 1.83. The summed E-state index contributed by atoms with van der Waals surface area (Å²) in [6.07, 6.45) is 2.25. The van der Waals surface area contributed by atoms with E-state index in [1.54, 1.807) is 21.6 Å². The lowest BCUT2D eigenvalue weighted by molar-refractivity contribution is -0.192. The normalized spacial score (nSPS) is 11.2. The van der Waals surface area contributed by atoms with E-state index in [2.05, 4.69) is 25.3 Å². The molecule has 1 amide bonds. The molecule has 0 aliphatic heterocycles. The Morgan fingerprint density at radius 2 is 1.94 bits per heavy atom. The Kier molecular flexibility index (Phi) is 5.67. The molecule has 31 heavy (non-hydrogen) atoms. The molecule has 12 nitrogen and oxygen atoms in total. The van der Waals surface area contributed by atoms with Gasteiger partial charge in [0.2, 0.25) is 5.89 Å². The van der Waals surface area contributed by atoms with Crippen LogP contribution in [0.1, 0.15) is 22.2 Å². The molecule has 4 heterocycles. The van der Waals surface area contributed by atoms with Gasteiger partial charge < -0.3 is 15.4 Å². The Balaban J connectivity index is 0.000000339. The van der Waals surface area contributed by atoms with Crippen LogP contribution in [0.4, 0.5) is 13.2 Å². The van der Waals surface area contributed by atoms with Gasteiger partial charge in [-0.2, -0.15) is 28.4 Å². The number of primary amides is 1. The molecule has 162 valence electrons. The minimum Gasteiger partial charge on any atom is -0.475 e. The molecule has 3 N–H and O–H groups in total. The Morgan fingerprint density at radius 1 is 1.23 bits per heavy atom. The van der Waals surface area contributed by atoms with Crippen molar-refractivity contribution in [3.05, 3.63) is 48.3 Å². The lowest BCUT2D eigenvalue weighted by Crippen LogP contribution is -2.21. The molecule has 15 heteroatoms. The standard InChI is InChI=1S/C14H12N8O2.C2HF3O2/c1-21-6-8(5-17-21)10-7-22-11(2-3-16-22)9(18-10)4-12-19-14(13(15)23)20-24-12;3-2(4,5)1(6)7/h2-3,5-7H,4H2,1H3,(H2,15,23);(H,6,7). The van der Waals surface area contributed by atoms with E-state index in [4.69, 9.17) is 20.2 Å². The van der Waals surface area contributed by atoms with Gasteiger partial charge in [-0.05, 0) is 6.07 Å². The number of fused-ring (bicyclic) bond motifs is 1. The van der Waals surface area contributed by atoms with Crippen LogP contribution in [0.15, 0.2) is 35.4 Å². The van der Waals surface area contributed by atoms with Crippen molar-refractivity contribution in [2.45, 2.75) is 12.6 Å². The number of rotatable bonds is 4. The zero-order valence-electron chi connectivity index (χ0n) is 15.6. The zero-order chi connectivity index (χ0) is 22.8. The van der Waals surface area contributed by atoms with Gasteiger partial charge in [-0.15, -0.1) is 0 Å². The molecule has 4 aromatic heterocycles. The second-order valence-electron chi connectivity index (χ2n) is 5.99. The van der Waals surface area contributed by atoms with E-state index >= 15 is 0 Å². The predicted octanol–water partition coefficient (Wildman–Crippen LogP) is 0.836. The number of hydrogen-bond acceptors (Lipinski definition) is 8. The molecule has 0 atom stereocenters. The molecule has 0 saturated carbocycles. The number of carboxylic acids is 1. The number of carbonyl (C=O) groups excluding carboxylic acids is 1. The number of aryl methyl sites for hydroxylation is 1. The number of carbonyl (C=O) groups is 2. The minimum absolute atomic E-state index is 0.155. The van der Waals surface area contributed by atoms with Crippen molar-refractivity contribution < 1.29 is 32.4 Å². The zero-order valence-corrected chi connectivity index (χ0v) is 15.6. The van der Waals surface area contributed by atoms with Crippen LogP contribution in [0, 0.1) is 0 Å². The van der Waals surface area contributed by atoms with Gasteiger partial charge in [0.15, 0.2) is 0 Å². The molecular formula is C16H13F3N8O4. The van der Waals surface area contributed by atoms with Crippen LogP contribution in [-0.4, -0.2) is 57.7 Å². The summed E-state index contributed by atoms with van der Waals surface area (Å²) in [4.78, 5) is 28.6. The number of hydrogen-bond donors (Lipinski definition) is 2. The van der Waals surface area contributed by atoms with Gasteiger partial charge in [0.25, 0.3) is 11.7 Å². The Morgan fingerprint density at radius 3 is 2.48 bits per heavy atom. The van der Waals surface area contributed by atoms with Crippen molar-refractivity contribution in [2.24, 2.45) is 12.8 Å². The minimum atomic E-state index is -5.08. The molecule has 0 saturated heterocycles. The van der Waals surface area contributed by atoms with Crippen molar-refractivity contribution in [2.75, 3.05) is 0 Å². The van der Waals surface area contributed by atoms with Crippen molar-refractivity contribution >= 4 is 17.4 Å². The van der Waals surface area contributed by atoms with E-state index in [1.807, 2.05) is 25.5 Å². The highest BCUT2D eigenvalue weighted by Gasteiger charge is 2.38. The van der Waals surface area contributed by atoms with E-state index in [9.17, 15) is 18.0 Å². The topological polar surface area (TPSA) is 167 Å². The number of nitrogens with two attached hydrogens (primary N) is 1. The smallest absolute Gasteiger partial charge is 0.475 e. The van der Waals surface area contributed by atoms with E-state index in [1.165, 1.54) is 0 Å². The predicted molar refractivity (Wildman–Crippen MR) is 94.5 cm³/mol. The molecule has 0 aliphatic carbocycles. The summed E-state index contributed by atoms with van der Waals surface area (Å²) < 4.78 is 40.2. The van der Waals surface area contributed by atoms with Crippen LogP contribution >= 0.6 is 0 Å². The Labute approximate surface area is 170 Å². The number of amides is 1. The van der Waals surface area contributed by atoms with Crippen molar-refractivity contribution in [1.29, 1.82) is 0 Å². The Bertz CT molecular complexity index is 1240. The molecule has 0 aromatic carbocycles. The summed E-state index contributed by atoms with van der Waals surface area (Å²) in [6.45, 7) is 0. The molecule has 0 spiro atoms. The Hall–Kier alpha value is -4.30. The first-order valence-corrected chi connectivity index (χ1v) is 8.29. The average Bonchev–Trinajstić information content (AvgIpc) is 3.41. The lowest BCUT2D eigenvalue weighted by Gasteiger charge is -2.04. The van der Waals surface area contributed by atoms with Crippen LogP contribution in [0.2, 0.25) is 0 Å². The van der Waals surface area contributed by atoms with Gasteiger partial charge in [0.1, 0.15) is 0 Å². The third-order valence-corrected chi connectivity index (χ3v) is 3.72. The third-order valence-electron chi connectivity index (χ3n) is 3.72. The molecule has 4 rings (SSSR count). The maximum Gasteiger partial charge on any atom is 0.490 e. The molecule has 0 aliphatic rings. The van der Waals surface area contributed by atoms with Crippen molar-refractivity contribution in [1.82, 2.24) is 34.5 Å². The molecule has 0 fully saturated rings. The second kappa shape index (κ2) is 8.21. The van der Waals surface area contributed by atoms with Crippen LogP contribution in [0.3, 0.4) is 0 Å².